The molecule has 0 aliphatic carbocycles. The van der Waals surface area contributed by atoms with Gasteiger partial charge in [-0.25, -0.2) is 0 Å². The van der Waals surface area contributed by atoms with Gasteiger partial charge in [0.2, 0.25) is 0 Å². The van der Waals surface area contributed by atoms with Crippen molar-refractivity contribution < 1.29 is 5.11 Å². The summed E-state index contributed by atoms with van der Waals surface area (Å²) in [6, 6.07) is 4.27. The first-order chi connectivity index (χ1) is 7.93. The predicted molar refractivity (Wildman–Crippen MR) is 75.3 cm³/mol. The van der Waals surface area contributed by atoms with E-state index < -0.39 is 0 Å². The van der Waals surface area contributed by atoms with Gasteiger partial charge in [0, 0.05) is 18.0 Å². The van der Waals surface area contributed by atoms with Crippen LogP contribution in [0.5, 0.6) is 0 Å². The van der Waals surface area contributed by atoms with Gasteiger partial charge in [-0.3, -0.25) is 4.90 Å². The summed E-state index contributed by atoms with van der Waals surface area (Å²) in [6.07, 6.45) is 0.628. The standard InChI is InChI=1S/C14H25NOS/c1-5-15(11-12-7-6-10-17-12)9-8-13(16)14(2,3)4/h6-7,10,13,16H,5,8-9,11H2,1-4H3. The molecule has 2 nitrogen and oxygen atoms in total. The Balaban J connectivity index is 2.37. The number of nitrogens with zero attached hydrogens (tertiary/aromatic N) is 1. The molecule has 1 aromatic heterocycles. The summed E-state index contributed by atoms with van der Waals surface area (Å²) in [4.78, 5) is 3.79. The van der Waals surface area contributed by atoms with E-state index in [0.29, 0.717) is 0 Å². The van der Waals surface area contributed by atoms with Crippen molar-refractivity contribution in [3.8, 4) is 0 Å². The van der Waals surface area contributed by atoms with Crippen molar-refractivity contribution in [2.75, 3.05) is 13.1 Å². The van der Waals surface area contributed by atoms with Crippen molar-refractivity contribution in [1.82, 2.24) is 4.90 Å². The smallest absolute Gasteiger partial charge is 0.0600 e. The van der Waals surface area contributed by atoms with E-state index in [1.807, 2.05) is 0 Å². The predicted octanol–water partition coefficient (Wildman–Crippen LogP) is 3.37. The first-order valence-electron chi connectivity index (χ1n) is 6.36. The Labute approximate surface area is 109 Å². The van der Waals surface area contributed by atoms with Gasteiger partial charge in [0.15, 0.2) is 0 Å². The SMILES string of the molecule is CCN(CCC(O)C(C)(C)C)Cc1cccs1. The van der Waals surface area contributed by atoms with E-state index in [2.05, 4.69) is 50.1 Å². The van der Waals surface area contributed by atoms with E-state index in [-0.39, 0.29) is 11.5 Å². The highest BCUT2D eigenvalue weighted by atomic mass is 32.1. The van der Waals surface area contributed by atoms with Crippen LogP contribution in [-0.4, -0.2) is 29.2 Å². The maximum atomic E-state index is 10.0. The van der Waals surface area contributed by atoms with Crippen molar-refractivity contribution in [2.24, 2.45) is 5.41 Å². The zero-order valence-corrected chi connectivity index (χ0v) is 12.3. The van der Waals surface area contributed by atoms with Gasteiger partial charge in [-0.2, -0.15) is 0 Å². The molecule has 0 saturated carbocycles. The highest BCUT2D eigenvalue weighted by molar-refractivity contribution is 7.09. The summed E-state index contributed by atoms with van der Waals surface area (Å²) >= 11 is 1.80. The maximum Gasteiger partial charge on any atom is 0.0600 e. The first kappa shape index (κ1) is 14.7. The topological polar surface area (TPSA) is 23.5 Å². The molecule has 0 saturated heterocycles. The molecule has 1 N–H and O–H groups in total. The molecule has 17 heavy (non-hydrogen) atoms. The Morgan fingerprint density at radius 3 is 2.59 bits per heavy atom. The molecule has 1 heterocycles. The first-order valence-corrected chi connectivity index (χ1v) is 7.24. The molecular formula is C14H25NOS. The lowest BCUT2D eigenvalue weighted by atomic mass is 9.87. The van der Waals surface area contributed by atoms with Crippen LogP contribution in [-0.2, 0) is 6.54 Å². The summed E-state index contributed by atoms with van der Waals surface area (Å²) in [5.74, 6) is 0. The summed E-state index contributed by atoms with van der Waals surface area (Å²) < 4.78 is 0. The van der Waals surface area contributed by atoms with Crippen LogP contribution in [0, 0.1) is 5.41 Å². The third-order valence-corrected chi connectivity index (χ3v) is 3.99. The van der Waals surface area contributed by atoms with Gasteiger partial charge in [-0.15, -0.1) is 11.3 Å². The van der Waals surface area contributed by atoms with Gasteiger partial charge in [0.1, 0.15) is 0 Å². The molecule has 3 heteroatoms. The molecule has 0 radical (unpaired) electrons. The van der Waals surface area contributed by atoms with Crippen LogP contribution in [0.1, 0.15) is 39.0 Å². The third-order valence-electron chi connectivity index (χ3n) is 3.13. The second-order valence-corrected chi connectivity index (χ2v) is 6.65. The highest BCUT2D eigenvalue weighted by Gasteiger charge is 2.22. The van der Waals surface area contributed by atoms with Crippen LogP contribution in [0.4, 0.5) is 0 Å². The lowest BCUT2D eigenvalue weighted by molar-refractivity contribution is 0.0454. The van der Waals surface area contributed by atoms with E-state index in [1.165, 1.54) is 4.88 Å². The van der Waals surface area contributed by atoms with Crippen LogP contribution in [0.3, 0.4) is 0 Å². The van der Waals surface area contributed by atoms with Gasteiger partial charge in [0.25, 0.3) is 0 Å². The minimum absolute atomic E-state index is 0.0116. The number of hydrogen-bond acceptors (Lipinski definition) is 3. The zero-order valence-electron chi connectivity index (χ0n) is 11.4. The van der Waals surface area contributed by atoms with Gasteiger partial charge in [-0.05, 0) is 29.8 Å². The molecule has 0 bridgehead atoms. The fourth-order valence-electron chi connectivity index (χ4n) is 1.71. The van der Waals surface area contributed by atoms with Crippen LogP contribution >= 0.6 is 11.3 Å². The average Bonchev–Trinajstić information content (AvgIpc) is 2.74. The van der Waals surface area contributed by atoms with Gasteiger partial charge in [-0.1, -0.05) is 33.8 Å². The average molecular weight is 255 g/mol. The zero-order chi connectivity index (χ0) is 12.9. The van der Waals surface area contributed by atoms with Crippen molar-refractivity contribution in [2.45, 2.75) is 46.8 Å². The molecule has 98 valence electrons. The molecule has 1 atom stereocenters. The summed E-state index contributed by atoms with van der Waals surface area (Å²) in [7, 11) is 0. The van der Waals surface area contributed by atoms with E-state index in [0.717, 1.165) is 26.1 Å². The minimum atomic E-state index is -0.222. The second-order valence-electron chi connectivity index (χ2n) is 5.62. The molecule has 0 aliphatic rings. The molecule has 0 amide bonds. The van der Waals surface area contributed by atoms with Crippen molar-refractivity contribution in [1.29, 1.82) is 0 Å². The fourth-order valence-corrected chi connectivity index (χ4v) is 2.46. The molecule has 0 aliphatic heterocycles. The van der Waals surface area contributed by atoms with E-state index >= 15 is 0 Å². The third kappa shape index (κ3) is 5.19. The molecule has 0 spiro atoms. The van der Waals surface area contributed by atoms with Crippen LogP contribution in [0.2, 0.25) is 0 Å². The molecular weight excluding hydrogens is 230 g/mol. The quantitative estimate of drug-likeness (QED) is 0.842. The summed E-state index contributed by atoms with van der Waals surface area (Å²) in [6.45, 7) is 11.5. The number of aliphatic hydroxyl groups is 1. The maximum absolute atomic E-state index is 10.0. The molecule has 0 fully saturated rings. The Bertz CT molecular complexity index is 303. The lowest BCUT2D eigenvalue weighted by Gasteiger charge is -2.28. The molecule has 0 aromatic carbocycles. The molecule has 1 rings (SSSR count). The monoisotopic (exact) mass is 255 g/mol. The molecule has 1 unspecified atom stereocenters. The highest BCUT2D eigenvalue weighted by Crippen LogP contribution is 2.22. The van der Waals surface area contributed by atoms with E-state index in [4.69, 9.17) is 0 Å². The lowest BCUT2D eigenvalue weighted by Crippen LogP contribution is -2.32. The number of rotatable bonds is 6. The number of hydrogen-bond donors (Lipinski definition) is 1. The Morgan fingerprint density at radius 2 is 2.12 bits per heavy atom. The number of aliphatic hydroxyl groups excluding tert-OH is 1. The minimum Gasteiger partial charge on any atom is -0.393 e. The summed E-state index contributed by atoms with van der Waals surface area (Å²) in [5, 5.41) is 12.2. The van der Waals surface area contributed by atoms with Gasteiger partial charge in [0.05, 0.1) is 6.10 Å². The fraction of sp³-hybridized carbons (Fsp3) is 0.714. The Kier molecular flexibility index (Phi) is 5.63. The Morgan fingerprint density at radius 1 is 1.41 bits per heavy atom. The summed E-state index contributed by atoms with van der Waals surface area (Å²) in [5.41, 5.74) is -0.0116. The van der Waals surface area contributed by atoms with Gasteiger partial charge < -0.3 is 5.11 Å². The molecule has 1 aromatic rings. The second kappa shape index (κ2) is 6.53. The van der Waals surface area contributed by atoms with E-state index in [1.54, 1.807) is 11.3 Å². The number of thiophene rings is 1. The van der Waals surface area contributed by atoms with Crippen LogP contribution in [0.25, 0.3) is 0 Å². The Hall–Kier alpha value is -0.380. The van der Waals surface area contributed by atoms with Crippen LogP contribution < -0.4 is 0 Å². The largest absolute Gasteiger partial charge is 0.393 e. The van der Waals surface area contributed by atoms with Crippen molar-refractivity contribution >= 4 is 11.3 Å². The van der Waals surface area contributed by atoms with Crippen molar-refractivity contribution in [3.63, 3.8) is 0 Å². The van der Waals surface area contributed by atoms with Crippen LogP contribution in [0.15, 0.2) is 17.5 Å². The van der Waals surface area contributed by atoms with Crippen molar-refractivity contribution in [3.05, 3.63) is 22.4 Å². The van der Waals surface area contributed by atoms with Gasteiger partial charge >= 0.3 is 0 Å². The van der Waals surface area contributed by atoms with E-state index in [9.17, 15) is 5.11 Å². The normalized spacial score (nSPS) is 14.2.